The molecule has 4 nitrogen and oxygen atoms in total. The SMILES string of the molecule is O=C(O)C=Cc1ccc(N2CCCCC2)nc1. The van der Waals surface area contributed by atoms with Crippen LogP contribution in [0.4, 0.5) is 5.82 Å². The third-order valence-electron chi connectivity index (χ3n) is 2.87. The summed E-state index contributed by atoms with van der Waals surface area (Å²) in [6.07, 6.45) is 8.14. The summed E-state index contributed by atoms with van der Waals surface area (Å²) in [6.45, 7) is 2.13. The first-order valence-electron chi connectivity index (χ1n) is 5.88. The van der Waals surface area contributed by atoms with Gasteiger partial charge in [0.15, 0.2) is 0 Å². The lowest BCUT2D eigenvalue weighted by molar-refractivity contribution is -0.131. The Bertz CT molecular complexity index is 406. The highest BCUT2D eigenvalue weighted by atomic mass is 16.4. The number of carbonyl (C=O) groups is 1. The zero-order valence-corrected chi connectivity index (χ0v) is 9.67. The van der Waals surface area contributed by atoms with Gasteiger partial charge >= 0.3 is 5.97 Å². The van der Waals surface area contributed by atoms with Crippen molar-refractivity contribution in [3.8, 4) is 0 Å². The van der Waals surface area contributed by atoms with Gasteiger partial charge in [-0.25, -0.2) is 9.78 Å². The van der Waals surface area contributed by atoms with E-state index in [1.54, 1.807) is 12.3 Å². The van der Waals surface area contributed by atoms with E-state index in [0.29, 0.717) is 0 Å². The van der Waals surface area contributed by atoms with Gasteiger partial charge in [-0.2, -0.15) is 0 Å². The molecule has 0 unspecified atom stereocenters. The summed E-state index contributed by atoms with van der Waals surface area (Å²) >= 11 is 0. The second kappa shape index (κ2) is 5.48. The molecule has 90 valence electrons. The van der Waals surface area contributed by atoms with Crippen LogP contribution in [-0.4, -0.2) is 29.1 Å². The van der Waals surface area contributed by atoms with E-state index in [0.717, 1.165) is 30.5 Å². The van der Waals surface area contributed by atoms with Gasteiger partial charge in [-0.3, -0.25) is 0 Å². The Hall–Kier alpha value is -1.84. The maximum absolute atomic E-state index is 10.4. The number of hydrogen-bond donors (Lipinski definition) is 1. The van der Waals surface area contributed by atoms with Crippen LogP contribution < -0.4 is 4.90 Å². The molecule has 1 N–H and O–H groups in total. The van der Waals surface area contributed by atoms with Crippen LogP contribution in [0.3, 0.4) is 0 Å². The van der Waals surface area contributed by atoms with Crippen LogP contribution in [0.5, 0.6) is 0 Å². The van der Waals surface area contributed by atoms with Crippen molar-refractivity contribution in [2.75, 3.05) is 18.0 Å². The first-order chi connectivity index (χ1) is 8.25. The van der Waals surface area contributed by atoms with Gasteiger partial charge in [0.25, 0.3) is 0 Å². The molecule has 1 aliphatic rings. The Morgan fingerprint density at radius 3 is 2.65 bits per heavy atom. The fourth-order valence-corrected chi connectivity index (χ4v) is 1.97. The molecule has 2 heterocycles. The molecule has 0 aliphatic carbocycles. The van der Waals surface area contributed by atoms with E-state index in [1.165, 1.54) is 19.3 Å². The smallest absolute Gasteiger partial charge is 0.328 e. The predicted octanol–water partition coefficient (Wildman–Crippen LogP) is 2.17. The van der Waals surface area contributed by atoms with Crippen LogP contribution >= 0.6 is 0 Å². The van der Waals surface area contributed by atoms with Gasteiger partial charge in [0.2, 0.25) is 0 Å². The number of carboxylic acid groups (broad SMARTS) is 1. The second-order valence-electron chi connectivity index (χ2n) is 4.17. The van der Waals surface area contributed by atoms with Gasteiger partial charge in [-0.15, -0.1) is 0 Å². The van der Waals surface area contributed by atoms with E-state index in [4.69, 9.17) is 5.11 Å². The van der Waals surface area contributed by atoms with E-state index in [9.17, 15) is 4.79 Å². The van der Waals surface area contributed by atoms with Gasteiger partial charge in [0, 0.05) is 25.4 Å². The van der Waals surface area contributed by atoms with Crippen molar-refractivity contribution in [3.05, 3.63) is 30.0 Å². The minimum absolute atomic E-state index is 0.813. The van der Waals surface area contributed by atoms with Crippen molar-refractivity contribution >= 4 is 17.9 Å². The number of carboxylic acids is 1. The van der Waals surface area contributed by atoms with Crippen LogP contribution in [0.1, 0.15) is 24.8 Å². The Morgan fingerprint density at radius 1 is 1.29 bits per heavy atom. The number of aromatic nitrogens is 1. The molecule has 0 aromatic carbocycles. The molecule has 2 rings (SSSR count). The van der Waals surface area contributed by atoms with Gasteiger partial charge in [-0.1, -0.05) is 0 Å². The van der Waals surface area contributed by atoms with E-state index in [-0.39, 0.29) is 0 Å². The molecule has 17 heavy (non-hydrogen) atoms. The molecule has 0 bridgehead atoms. The number of nitrogens with zero attached hydrogens (tertiary/aromatic N) is 2. The molecule has 0 radical (unpaired) electrons. The Labute approximate surface area is 101 Å². The van der Waals surface area contributed by atoms with E-state index in [2.05, 4.69) is 9.88 Å². The van der Waals surface area contributed by atoms with Gasteiger partial charge in [0.1, 0.15) is 5.82 Å². The van der Waals surface area contributed by atoms with E-state index < -0.39 is 5.97 Å². The molecule has 1 aromatic rings. The molecular formula is C13H16N2O2. The zero-order chi connectivity index (χ0) is 12.1. The monoisotopic (exact) mass is 232 g/mol. The average Bonchev–Trinajstić information content (AvgIpc) is 2.38. The maximum Gasteiger partial charge on any atom is 0.328 e. The maximum atomic E-state index is 10.4. The fraction of sp³-hybridized carbons (Fsp3) is 0.385. The molecule has 1 saturated heterocycles. The van der Waals surface area contributed by atoms with Crippen LogP contribution in [0.25, 0.3) is 6.08 Å². The van der Waals surface area contributed by atoms with Crippen LogP contribution in [-0.2, 0) is 4.79 Å². The quantitative estimate of drug-likeness (QED) is 0.811. The molecule has 0 amide bonds. The molecule has 0 atom stereocenters. The molecule has 0 spiro atoms. The lowest BCUT2D eigenvalue weighted by atomic mass is 10.1. The normalized spacial score (nSPS) is 16.4. The van der Waals surface area contributed by atoms with E-state index in [1.807, 2.05) is 12.1 Å². The third-order valence-corrected chi connectivity index (χ3v) is 2.87. The number of anilines is 1. The number of piperidine rings is 1. The topological polar surface area (TPSA) is 53.4 Å². The lowest BCUT2D eigenvalue weighted by Crippen LogP contribution is -2.29. The summed E-state index contributed by atoms with van der Waals surface area (Å²) in [6, 6.07) is 3.85. The second-order valence-corrected chi connectivity index (χ2v) is 4.17. The highest BCUT2D eigenvalue weighted by Gasteiger charge is 2.11. The molecule has 1 aromatic heterocycles. The van der Waals surface area contributed by atoms with Crippen molar-refractivity contribution in [3.63, 3.8) is 0 Å². The van der Waals surface area contributed by atoms with Gasteiger partial charge in [-0.05, 0) is 43.0 Å². The fourth-order valence-electron chi connectivity index (χ4n) is 1.97. The first-order valence-corrected chi connectivity index (χ1v) is 5.88. The largest absolute Gasteiger partial charge is 0.478 e. The molecule has 4 heteroatoms. The van der Waals surface area contributed by atoms with Crippen molar-refractivity contribution in [2.45, 2.75) is 19.3 Å². The summed E-state index contributed by atoms with van der Waals surface area (Å²) in [4.78, 5) is 17.0. The number of aliphatic carboxylic acids is 1. The molecular weight excluding hydrogens is 216 g/mol. The van der Waals surface area contributed by atoms with Crippen LogP contribution in [0, 0.1) is 0 Å². The average molecular weight is 232 g/mol. The molecule has 1 aliphatic heterocycles. The van der Waals surface area contributed by atoms with Crippen LogP contribution in [0.2, 0.25) is 0 Å². The standard InChI is InChI=1S/C13H16N2O2/c16-13(17)7-5-11-4-6-12(14-10-11)15-8-2-1-3-9-15/h4-7,10H,1-3,8-9H2,(H,16,17). The highest BCUT2D eigenvalue weighted by Crippen LogP contribution is 2.17. The highest BCUT2D eigenvalue weighted by molar-refractivity contribution is 5.85. The summed E-state index contributed by atoms with van der Waals surface area (Å²) < 4.78 is 0. The summed E-state index contributed by atoms with van der Waals surface area (Å²) in [7, 11) is 0. The van der Waals surface area contributed by atoms with E-state index >= 15 is 0 Å². The number of hydrogen-bond acceptors (Lipinski definition) is 3. The first kappa shape index (κ1) is 11.6. The van der Waals surface area contributed by atoms with Crippen molar-refractivity contribution in [2.24, 2.45) is 0 Å². The Kier molecular flexibility index (Phi) is 3.75. The zero-order valence-electron chi connectivity index (χ0n) is 9.67. The number of rotatable bonds is 3. The van der Waals surface area contributed by atoms with Crippen molar-refractivity contribution in [1.82, 2.24) is 4.98 Å². The summed E-state index contributed by atoms with van der Waals surface area (Å²) in [5, 5.41) is 8.52. The lowest BCUT2D eigenvalue weighted by Gasteiger charge is -2.27. The van der Waals surface area contributed by atoms with Gasteiger partial charge in [0.05, 0.1) is 0 Å². The van der Waals surface area contributed by atoms with Gasteiger partial charge < -0.3 is 10.0 Å². The van der Waals surface area contributed by atoms with Crippen molar-refractivity contribution in [1.29, 1.82) is 0 Å². The summed E-state index contributed by atoms with van der Waals surface area (Å²) in [5.41, 5.74) is 0.813. The third kappa shape index (κ3) is 3.31. The van der Waals surface area contributed by atoms with Crippen molar-refractivity contribution < 1.29 is 9.90 Å². The Morgan fingerprint density at radius 2 is 2.06 bits per heavy atom. The molecule has 0 saturated carbocycles. The number of pyridine rings is 1. The summed E-state index contributed by atoms with van der Waals surface area (Å²) in [5.74, 6) is 0.0438. The Balaban J connectivity index is 2.04. The minimum atomic E-state index is -0.940. The predicted molar refractivity (Wildman–Crippen MR) is 67.0 cm³/mol. The molecule has 1 fully saturated rings. The minimum Gasteiger partial charge on any atom is -0.478 e. The van der Waals surface area contributed by atoms with Crippen LogP contribution in [0.15, 0.2) is 24.4 Å².